The minimum Gasteiger partial charge on any atom is -0.497 e. The molecule has 1 aliphatic heterocycles. The molecule has 0 atom stereocenters. The first kappa shape index (κ1) is 18.4. The van der Waals surface area contributed by atoms with Gasteiger partial charge in [-0.15, -0.1) is 0 Å². The molecule has 5 nitrogen and oxygen atoms in total. The molecule has 0 spiro atoms. The Morgan fingerprint density at radius 2 is 1.79 bits per heavy atom. The first-order valence-electron chi connectivity index (χ1n) is 9.87. The Bertz CT molecular complexity index is 947. The third-order valence-corrected chi connectivity index (χ3v) is 5.57. The highest BCUT2D eigenvalue weighted by atomic mass is 16.5. The van der Waals surface area contributed by atoms with Crippen molar-refractivity contribution >= 4 is 16.9 Å². The van der Waals surface area contributed by atoms with E-state index in [4.69, 9.17) is 4.74 Å². The number of fused-ring (bicyclic) bond motifs is 1. The molecule has 0 unspecified atom stereocenters. The summed E-state index contributed by atoms with van der Waals surface area (Å²) < 4.78 is 5.21. The monoisotopic (exact) mass is 375 g/mol. The second-order valence-electron chi connectivity index (χ2n) is 7.37. The first-order valence-corrected chi connectivity index (χ1v) is 9.87. The van der Waals surface area contributed by atoms with Gasteiger partial charge in [-0.25, -0.2) is 4.98 Å². The minimum atomic E-state index is -0.00754. The van der Waals surface area contributed by atoms with Gasteiger partial charge >= 0.3 is 0 Å². The normalized spacial score (nSPS) is 15.0. The number of amides is 1. The second-order valence-corrected chi connectivity index (χ2v) is 7.37. The lowest BCUT2D eigenvalue weighted by Crippen LogP contribution is -2.39. The molecule has 1 saturated heterocycles. The van der Waals surface area contributed by atoms with Gasteiger partial charge in [0.05, 0.1) is 24.3 Å². The fourth-order valence-corrected chi connectivity index (χ4v) is 3.81. The van der Waals surface area contributed by atoms with Crippen molar-refractivity contribution in [1.82, 2.24) is 14.9 Å². The lowest BCUT2D eigenvalue weighted by atomic mass is 9.90. The van der Waals surface area contributed by atoms with Crippen LogP contribution in [0.2, 0.25) is 0 Å². The lowest BCUT2D eigenvalue weighted by Gasteiger charge is -2.31. The molecule has 5 heteroatoms. The van der Waals surface area contributed by atoms with Crippen LogP contribution >= 0.6 is 0 Å². The number of methoxy groups -OCH3 is 1. The highest BCUT2D eigenvalue weighted by Crippen LogP contribution is 2.24. The highest BCUT2D eigenvalue weighted by Gasteiger charge is 2.24. The maximum atomic E-state index is 12.8. The number of benzene rings is 2. The van der Waals surface area contributed by atoms with Crippen LogP contribution in [0.15, 0.2) is 54.7 Å². The van der Waals surface area contributed by atoms with Crippen LogP contribution in [0.1, 0.15) is 35.3 Å². The molecular formula is C23H25N3O2. The van der Waals surface area contributed by atoms with Gasteiger partial charge in [-0.1, -0.05) is 24.3 Å². The van der Waals surface area contributed by atoms with Gasteiger partial charge in [0.15, 0.2) is 0 Å². The van der Waals surface area contributed by atoms with E-state index in [-0.39, 0.29) is 5.91 Å². The predicted octanol–water partition coefficient (Wildman–Crippen LogP) is 4.12. The van der Waals surface area contributed by atoms with Crippen LogP contribution in [0.25, 0.3) is 11.0 Å². The molecule has 3 aromatic rings. The van der Waals surface area contributed by atoms with Crippen LogP contribution < -0.4 is 4.74 Å². The molecule has 28 heavy (non-hydrogen) atoms. The van der Waals surface area contributed by atoms with E-state index in [1.165, 1.54) is 5.56 Å². The number of aryl methyl sites for hydroxylation is 1. The van der Waals surface area contributed by atoms with Gasteiger partial charge in [-0.2, -0.15) is 0 Å². The molecule has 2 aromatic carbocycles. The van der Waals surface area contributed by atoms with Crippen molar-refractivity contribution in [3.63, 3.8) is 0 Å². The number of hydrogen-bond donors (Lipinski definition) is 0. The fourth-order valence-electron chi connectivity index (χ4n) is 3.81. The largest absolute Gasteiger partial charge is 0.497 e. The standard InChI is InChI=1S/C23H25N3O2/c1-28-19-10-8-17(9-11-19)6-7-18-12-14-26(15-13-18)23(27)22-16-24-20-4-2-3-5-21(20)25-22/h2-5,8-11,16,18H,6-7,12-15H2,1H3. The Balaban J connectivity index is 1.30. The summed E-state index contributed by atoms with van der Waals surface area (Å²) in [5.41, 5.74) is 3.36. The summed E-state index contributed by atoms with van der Waals surface area (Å²) >= 11 is 0. The molecule has 2 heterocycles. The van der Waals surface area contributed by atoms with E-state index in [9.17, 15) is 4.79 Å². The van der Waals surface area contributed by atoms with E-state index in [0.29, 0.717) is 11.6 Å². The number of nitrogens with zero attached hydrogens (tertiary/aromatic N) is 3. The van der Waals surface area contributed by atoms with Crippen LogP contribution in [0.4, 0.5) is 0 Å². The molecule has 0 N–H and O–H groups in total. The third kappa shape index (κ3) is 4.14. The van der Waals surface area contributed by atoms with Crippen molar-refractivity contribution in [2.24, 2.45) is 5.92 Å². The molecule has 1 fully saturated rings. The van der Waals surface area contributed by atoms with E-state index in [2.05, 4.69) is 22.1 Å². The Hall–Kier alpha value is -2.95. The van der Waals surface area contributed by atoms with E-state index in [0.717, 1.165) is 55.6 Å². The average Bonchev–Trinajstić information content (AvgIpc) is 2.77. The van der Waals surface area contributed by atoms with Gasteiger partial charge < -0.3 is 9.64 Å². The van der Waals surface area contributed by atoms with Crippen molar-refractivity contribution in [1.29, 1.82) is 0 Å². The van der Waals surface area contributed by atoms with E-state index in [1.54, 1.807) is 13.3 Å². The van der Waals surface area contributed by atoms with Crippen molar-refractivity contribution < 1.29 is 9.53 Å². The molecule has 0 radical (unpaired) electrons. The third-order valence-electron chi connectivity index (χ3n) is 5.57. The molecule has 1 amide bonds. The van der Waals surface area contributed by atoms with Crippen LogP contribution in [0, 0.1) is 5.92 Å². The Labute approximate surface area is 165 Å². The summed E-state index contributed by atoms with van der Waals surface area (Å²) in [5.74, 6) is 1.55. The Morgan fingerprint density at radius 1 is 1.07 bits per heavy atom. The zero-order valence-corrected chi connectivity index (χ0v) is 16.2. The summed E-state index contributed by atoms with van der Waals surface area (Å²) in [4.78, 5) is 23.6. The number of ether oxygens (including phenoxy) is 1. The zero-order valence-electron chi connectivity index (χ0n) is 16.2. The number of para-hydroxylation sites is 2. The Morgan fingerprint density at radius 3 is 2.50 bits per heavy atom. The average molecular weight is 375 g/mol. The quantitative estimate of drug-likeness (QED) is 0.673. The number of aromatic nitrogens is 2. The second kappa shape index (κ2) is 8.38. The number of rotatable bonds is 5. The molecular weight excluding hydrogens is 350 g/mol. The zero-order chi connectivity index (χ0) is 19.3. The maximum absolute atomic E-state index is 12.8. The van der Waals surface area contributed by atoms with E-state index < -0.39 is 0 Å². The SMILES string of the molecule is COc1ccc(CCC2CCN(C(=O)c3cnc4ccccc4n3)CC2)cc1. The van der Waals surface area contributed by atoms with Gasteiger partial charge in [0.2, 0.25) is 0 Å². The lowest BCUT2D eigenvalue weighted by molar-refractivity contribution is 0.0681. The van der Waals surface area contributed by atoms with Crippen molar-refractivity contribution in [3.05, 3.63) is 66.0 Å². The maximum Gasteiger partial charge on any atom is 0.274 e. The highest BCUT2D eigenvalue weighted by molar-refractivity contribution is 5.93. The molecule has 1 aliphatic rings. The smallest absolute Gasteiger partial charge is 0.274 e. The van der Waals surface area contributed by atoms with Crippen LogP contribution in [-0.4, -0.2) is 41.0 Å². The van der Waals surface area contributed by atoms with Gasteiger partial charge in [0, 0.05) is 13.1 Å². The molecule has 0 saturated carbocycles. The topological polar surface area (TPSA) is 55.3 Å². The summed E-state index contributed by atoms with van der Waals surface area (Å²) in [6.45, 7) is 1.58. The van der Waals surface area contributed by atoms with Crippen LogP contribution in [0.5, 0.6) is 5.75 Å². The van der Waals surface area contributed by atoms with Gasteiger partial charge in [0.25, 0.3) is 5.91 Å². The number of carbonyl (C=O) groups is 1. The molecule has 4 rings (SSSR count). The Kier molecular flexibility index (Phi) is 5.51. The fraction of sp³-hybridized carbons (Fsp3) is 0.348. The summed E-state index contributed by atoms with van der Waals surface area (Å²) in [6.07, 6.45) is 5.91. The summed E-state index contributed by atoms with van der Waals surface area (Å²) in [7, 11) is 1.69. The summed E-state index contributed by atoms with van der Waals surface area (Å²) in [5, 5.41) is 0. The molecule has 0 aliphatic carbocycles. The summed E-state index contributed by atoms with van der Waals surface area (Å²) in [6, 6.07) is 15.9. The number of hydrogen-bond acceptors (Lipinski definition) is 4. The molecule has 1 aromatic heterocycles. The van der Waals surface area contributed by atoms with Crippen molar-refractivity contribution in [2.75, 3.05) is 20.2 Å². The van der Waals surface area contributed by atoms with E-state index in [1.807, 2.05) is 41.3 Å². The van der Waals surface area contributed by atoms with Gasteiger partial charge in [-0.3, -0.25) is 9.78 Å². The van der Waals surface area contributed by atoms with E-state index >= 15 is 0 Å². The van der Waals surface area contributed by atoms with Crippen molar-refractivity contribution in [2.45, 2.75) is 25.7 Å². The predicted molar refractivity (Wildman–Crippen MR) is 109 cm³/mol. The number of likely N-dealkylation sites (tertiary alicyclic amines) is 1. The number of piperidine rings is 1. The number of carbonyl (C=O) groups excluding carboxylic acids is 1. The first-order chi connectivity index (χ1) is 13.7. The van der Waals surface area contributed by atoms with Gasteiger partial charge in [-0.05, 0) is 61.4 Å². The van der Waals surface area contributed by atoms with Crippen LogP contribution in [0.3, 0.4) is 0 Å². The molecule has 144 valence electrons. The van der Waals surface area contributed by atoms with Crippen LogP contribution in [-0.2, 0) is 6.42 Å². The van der Waals surface area contributed by atoms with Crippen molar-refractivity contribution in [3.8, 4) is 5.75 Å². The molecule has 0 bridgehead atoms. The minimum absolute atomic E-state index is 0.00754. The van der Waals surface area contributed by atoms with Gasteiger partial charge in [0.1, 0.15) is 11.4 Å².